The van der Waals surface area contributed by atoms with Crippen LogP contribution in [0.25, 0.3) is 55.9 Å². The van der Waals surface area contributed by atoms with E-state index in [1.165, 1.54) is 69.3 Å². The van der Waals surface area contributed by atoms with E-state index < -0.39 is 173 Å². The highest BCUT2D eigenvalue weighted by Gasteiger charge is 2.75. The Morgan fingerprint density at radius 2 is 0.649 bits per heavy atom. The summed E-state index contributed by atoms with van der Waals surface area (Å²) in [6, 6.07) is 41.4. The molecular formula is C100H75F15N6O10. The lowest BCUT2D eigenvalue weighted by molar-refractivity contribution is -0.290. The van der Waals surface area contributed by atoms with Gasteiger partial charge in [0.15, 0.2) is 17.1 Å². The molecule has 0 saturated heterocycles. The van der Waals surface area contributed by atoms with Crippen LogP contribution in [0.4, 0.5) is 82.9 Å². The standard InChI is InChI=1S/C69H52F12N4O8.C31H23F3N2O2/c1-31-20-35(36-23-41(62(5,6)7)26-42(24-36)63(8,9)10)25-43(21-31)83-56(88)45-17-13-38(28-49(45)59(83)91)65(68(76,77)78,69(79,80)81)40-15-19-47-51(30-40)61(93)85(58(47)90)53-33(3)22-32(2)52(34(53)4)84-57(89)46-18-14-39(29-50(46)60(84)92)64(66(70,71)72,67(73,74)75)37-12-16-44-48(27-37)55(87)82(11)54(44)86;1-18-6-4-7-20(14-18)21-8-5-9-22(15-21)29-36-26-17-24(11-13-28(26)38-29)30(3,31(32,33)34)23-10-12-27-25(16-23)35-19(2)37-27/h12-30H,1-11H3;4-17H,1-3H3. The van der Waals surface area contributed by atoms with Crippen molar-refractivity contribution >= 4 is 86.5 Å². The fourth-order valence-corrected chi connectivity index (χ4v) is 18.1. The van der Waals surface area contributed by atoms with Crippen molar-refractivity contribution in [3.05, 3.63) is 323 Å². The van der Waals surface area contributed by atoms with Crippen LogP contribution in [-0.4, -0.2) is 100 Å². The molecule has 0 radical (unpaired) electrons. The van der Waals surface area contributed by atoms with Gasteiger partial charge in [0.1, 0.15) is 16.4 Å². The maximum atomic E-state index is 16.0. The number of amides is 8. The lowest BCUT2D eigenvalue weighted by Gasteiger charge is -2.38. The van der Waals surface area contributed by atoms with Crippen LogP contribution in [0.3, 0.4) is 0 Å². The summed E-state index contributed by atoms with van der Waals surface area (Å²) in [6.07, 6.45) is -29.9. The molecule has 0 fully saturated rings. The predicted molar refractivity (Wildman–Crippen MR) is 457 cm³/mol. The number of halogens is 15. The summed E-state index contributed by atoms with van der Waals surface area (Å²) >= 11 is 0. The Morgan fingerprint density at radius 1 is 0.290 bits per heavy atom. The van der Waals surface area contributed by atoms with Gasteiger partial charge in [-0.3, -0.25) is 43.3 Å². The Bertz CT molecular complexity index is 7100. The summed E-state index contributed by atoms with van der Waals surface area (Å²) in [5.41, 5.74) is -17.7. The summed E-state index contributed by atoms with van der Waals surface area (Å²) in [4.78, 5) is 123. The second kappa shape index (κ2) is 30.5. The maximum absolute atomic E-state index is 16.0. The van der Waals surface area contributed by atoms with E-state index in [9.17, 15) is 51.5 Å². The van der Waals surface area contributed by atoms with Crippen molar-refractivity contribution in [2.45, 2.75) is 148 Å². The van der Waals surface area contributed by atoms with Crippen molar-refractivity contribution in [2.24, 2.45) is 0 Å². The third-order valence-electron chi connectivity index (χ3n) is 24.9. The summed E-state index contributed by atoms with van der Waals surface area (Å²) in [5, 5.41) is 0. The van der Waals surface area contributed by atoms with Crippen LogP contribution >= 0.6 is 0 Å². The minimum atomic E-state index is -6.36. The van der Waals surface area contributed by atoms with Gasteiger partial charge < -0.3 is 8.83 Å². The Morgan fingerprint density at radius 3 is 1.08 bits per heavy atom. The van der Waals surface area contributed by atoms with Crippen LogP contribution in [0.2, 0.25) is 0 Å². The Hall–Kier alpha value is -14.1. The molecule has 31 heteroatoms. The minimum absolute atomic E-state index is 0.0253. The number of imide groups is 4. The number of hydrogen-bond acceptors (Lipinski definition) is 12. The largest absolute Gasteiger partial charge is 0.441 e. The molecule has 131 heavy (non-hydrogen) atoms. The van der Waals surface area contributed by atoms with Crippen LogP contribution in [0.5, 0.6) is 0 Å². The lowest BCUT2D eigenvalue weighted by Crippen LogP contribution is -2.55. The average Bonchev–Trinajstić information content (AvgIpc) is 1.67. The zero-order chi connectivity index (χ0) is 95.3. The van der Waals surface area contributed by atoms with Crippen molar-refractivity contribution < 1.29 is 113 Å². The fraction of sp³-hybridized carbons (Fsp3) is 0.240. The first kappa shape index (κ1) is 90.2. The number of aryl methyl sites for hydroxylation is 5. The highest BCUT2D eigenvalue weighted by Crippen LogP contribution is 2.60. The zero-order valence-electron chi connectivity index (χ0n) is 72.0. The SMILES string of the molecule is Cc1cc(-c2cc(C(C)(C)C)cc(C(C)(C)C)c2)cc(N2C(=O)c3ccc(C(c4ccc5c(c4)C(=O)N(c4c(C)cc(C)c(N6C(=O)c7ccc(C(c8ccc9c(c8)C(=O)N(C)C9=O)(C(F)(F)F)C(F)(F)F)cc7C6=O)c4C)C5=O)(C(F)(F)F)C(F)(F)F)cc3C2=O)c1.Cc1cccc(-c2cccc(-c3nc4cc(C(C)(c5ccc6oc(C)nc6c5)C(F)(F)F)ccc4o3)c2)c1. The molecule has 0 spiro atoms. The van der Waals surface area contributed by atoms with E-state index in [1.807, 2.05) is 103 Å². The first-order valence-corrected chi connectivity index (χ1v) is 40.7. The molecule has 1 atom stereocenters. The Kier molecular flexibility index (Phi) is 21.0. The van der Waals surface area contributed by atoms with Gasteiger partial charge >= 0.3 is 30.9 Å². The van der Waals surface area contributed by atoms with Crippen LogP contribution in [0.1, 0.15) is 210 Å². The second-order valence-electron chi connectivity index (χ2n) is 35.4. The molecule has 1 unspecified atom stereocenters. The van der Waals surface area contributed by atoms with Crippen LogP contribution in [0, 0.1) is 41.5 Å². The average molecular weight is 1810 g/mol. The van der Waals surface area contributed by atoms with Crippen molar-refractivity contribution in [2.75, 3.05) is 21.7 Å². The zero-order valence-corrected chi connectivity index (χ0v) is 72.0. The third kappa shape index (κ3) is 14.2. The number of oxazole rings is 2. The molecule has 0 N–H and O–H groups in total. The number of carbonyl (C=O) groups excluding carboxylic acids is 8. The summed E-state index contributed by atoms with van der Waals surface area (Å²) in [6.45, 7) is 22.4. The smallest absolute Gasteiger partial charge is 0.411 e. The summed E-state index contributed by atoms with van der Waals surface area (Å²) in [7, 11) is 0.958. The molecule has 2 aromatic heterocycles. The summed E-state index contributed by atoms with van der Waals surface area (Å²) in [5.74, 6) is -9.49. The highest BCUT2D eigenvalue weighted by molar-refractivity contribution is 6.38. The molecule has 11 aromatic carbocycles. The molecule has 670 valence electrons. The molecule has 17 rings (SSSR count). The Labute approximate surface area is 737 Å². The van der Waals surface area contributed by atoms with Gasteiger partial charge in [0.05, 0.1) is 61.6 Å². The van der Waals surface area contributed by atoms with Gasteiger partial charge in [0, 0.05) is 19.5 Å². The fourth-order valence-electron chi connectivity index (χ4n) is 18.1. The van der Waals surface area contributed by atoms with Gasteiger partial charge in [0.25, 0.3) is 47.3 Å². The highest BCUT2D eigenvalue weighted by atomic mass is 19.4. The number of carbonyl (C=O) groups is 8. The van der Waals surface area contributed by atoms with E-state index in [1.54, 1.807) is 26.0 Å². The molecule has 4 aliphatic heterocycles. The number of aromatic nitrogens is 2. The van der Waals surface area contributed by atoms with E-state index >= 15 is 52.7 Å². The van der Waals surface area contributed by atoms with Crippen molar-refractivity contribution in [3.8, 4) is 33.7 Å². The Balaban J connectivity index is 0.000000272. The number of fused-ring (bicyclic) bond motifs is 6. The maximum Gasteiger partial charge on any atom is 0.411 e. The summed E-state index contributed by atoms with van der Waals surface area (Å²) < 4.78 is 245. The van der Waals surface area contributed by atoms with E-state index in [4.69, 9.17) is 8.83 Å². The number of hydrogen-bond donors (Lipinski definition) is 0. The number of nitrogens with zero attached hydrogens (tertiary/aromatic N) is 6. The van der Waals surface area contributed by atoms with Gasteiger partial charge in [-0.05, 0) is 238 Å². The molecule has 6 heterocycles. The number of anilines is 3. The van der Waals surface area contributed by atoms with Gasteiger partial charge in [-0.25, -0.2) is 24.7 Å². The van der Waals surface area contributed by atoms with Crippen LogP contribution in [-0.2, 0) is 27.1 Å². The molecule has 4 aliphatic rings. The lowest BCUT2D eigenvalue weighted by atomic mass is 9.71. The van der Waals surface area contributed by atoms with Crippen LogP contribution in [0.15, 0.2) is 209 Å². The number of rotatable bonds is 12. The normalized spacial score (nSPS) is 15.2. The molecule has 13 aromatic rings. The monoisotopic (exact) mass is 1800 g/mol. The van der Waals surface area contributed by atoms with Gasteiger partial charge in [-0.15, -0.1) is 0 Å². The molecular weight excluding hydrogens is 1730 g/mol. The predicted octanol–water partition coefficient (Wildman–Crippen LogP) is 24.4. The van der Waals surface area contributed by atoms with E-state index in [-0.39, 0.29) is 62.5 Å². The third-order valence-corrected chi connectivity index (χ3v) is 24.9. The topological polar surface area (TPSA) is 202 Å². The first-order valence-electron chi connectivity index (χ1n) is 40.7. The molecule has 16 nitrogen and oxygen atoms in total. The van der Waals surface area contributed by atoms with Gasteiger partial charge in [-0.1, -0.05) is 150 Å². The quantitative estimate of drug-likeness (QED) is 0.0828. The van der Waals surface area contributed by atoms with Gasteiger partial charge in [-0.2, -0.15) is 65.9 Å². The van der Waals surface area contributed by atoms with Crippen molar-refractivity contribution in [1.82, 2.24) is 14.9 Å². The van der Waals surface area contributed by atoms with Crippen LogP contribution < -0.4 is 14.7 Å². The van der Waals surface area contributed by atoms with Gasteiger partial charge in [0.2, 0.25) is 16.7 Å². The number of benzene rings is 11. The second-order valence-corrected chi connectivity index (χ2v) is 35.4. The van der Waals surface area contributed by atoms with E-state index in [2.05, 4.69) is 22.1 Å². The minimum Gasteiger partial charge on any atom is -0.441 e. The van der Waals surface area contributed by atoms with Crippen molar-refractivity contribution in [1.29, 1.82) is 0 Å². The molecule has 0 aliphatic carbocycles. The molecule has 0 bridgehead atoms. The van der Waals surface area contributed by atoms with Crippen molar-refractivity contribution in [3.63, 3.8) is 0 Å². The van der Waals surface area contributed by atoms with E-state index in [0.717, 1.165) is 47.4 Å². The molecule has 0 saturated carbocycles. The van der Waals surface area contributed by atoms with E-state index in [0.29, 0.717) is 125 Å². The molecule has 8 amide bonds. The number of alkyl halides is 15. The first-order chi connectivity index (χ1) is 60.9.